The Labute approximate surface area is 190 Å². The van der Waals surface area contributed by atoms with Gasteiger partial charge in [-0.25, -0.2) is 0 Å². The number of ketones is 1. The molecule has 1 aliphatic heterocycles. The Morgan fingerprint density at radius 2 is 1.69 bits per heavy atom. The molecule has 1 heterocycles. The van der Waals surface area contributed by atoms with E-state index in [9.17, 15) is 19.8 Å². The van der Waals surface area contributed by atoms with E-state index in [0.29, 0.717) is 12.0 Å². The van der Waals surface area contributed by atoms with E-state index in [0.717, 1.165) is 0 Å². The Morgan fingerprint density at radius 1 is 1.03 bits per heavy atom. The summed E-state index contributed by atoms with van der Waals surface area (Å²) in [5, 5.41) is 21.8. The molecular formula is C23H24ClNO7. The monoisotopic (exact) mass is 461 g/mol. The maximum Gasteiger partial charge on any atom is 0.295 e. The van der Waals surface area contributed by atoms with Crippen LogP contribution in [-0.4, -0.2) is 54.7 Å². The fraction of sp³-hybridized carbons (Fsp3) is 0.304. The molecule has 2 aromatic carbocycles. The van der Waals surface area contributed by atoms with E-state index in [4.69, 9.17) is 25.8 Å². The number of Topliss-reactive ketones (excluding diaryl/α,β-unsaturated/α-hetero) is 1. The number of carbonyl (C=O) groups is 2. The molecule has 2 aromatic rings. The topological polar surface area (TPSA) is 106 Å². The van der Waals surface area contributed by atoms with Crippen molar-refractivity contribution in [2.75, 3.05) is 27.9 Å². The van der Waals surface area contributed by atoms with Gasteiger partial charge < -0.3 is 29.3 Å². The molecule has 3 rings (SSSR count). The normalized spacial score (nSPS) is 17.5. The quantitative estimate of drug-likeness (QED) is 0.366. The maximum absolute atomic E-state index is 13.0. The summed E-state index contributed by atoms with van der Waals surface area (Å²) in [7, 11) is 4.22. The summed E-state index contributed by atoms with van der Waals surface area (Å²) in [6.07, 6.45) is 0.587. The van der Waals surface area contributed by atoms with Gasteiger partial charge in [-0.05, 0) is 30.2 Å². The number of nitrogens with zero attached hydrogens (tertiary/aromatic N) is 1. The van der Waals surface area contributed by atoms with Crippen molar-refractivity contribution in [2.45, 2.75) is 19.4 Å². The lowest BCUT2D eigenvalue weighted by Gasteiger charge is -2.25. The van der Waals surface area contributed by atoms with E-state index >= 15 is 0 Å². The average molecular weight is 462 g/mol. The number of likely N-dealkylation sites (tertiary alicyclic amines) is 1. The Bertz CT molecular complexity index is 1100. The zero-order valence-electron chi connectivity index (χ0n) is 18.1. The average Bonchev–Trinajstić information content (AvgIpc) is 3.03. The van der Waals surface area contributed by atoms with Gasteiger partial charge in [0.25, 0.3) is 11.7 Å². The molecular weight excluding hydrogens is 438 g/mol. The molecule has 0 saturated carbocycles. The van der Waals surface area contributed by atoms with Crippen LogP contribution >= 0.6 is 11.6 Å². The molecule has 8 nitrogen and oxygen atoms in total. The highest BCUT2D eigenvalue weighted by molar-refractivity contribution is 6.46. The lowest BCUT2D eigenvalue weighted by Crippen LogP contribution is -2.30. The summed E-state index contributed by atoms with van der Waals surface area (Å²) in [6.45, 7) is 2.15. The molecule has 1 saturated heterocycles. The van der Waals surface area contributed by atoms with Gasteiger partial charge in [-0.1, -0.05) is 24.6 Å². The molecule has 1 amide bonds. The lowest BCUT2D eigenvalue weighted by atomic mass is 9.94. The Morgan fingerprint density at radius 3 is 2.25 bits per heavy atom. The summed E-state index contributed by atoms with van der Waals surface area (Å²) < 4.78 is 15.6. The highest BCUT2D eigenvalue weighted by atomic mass is 35.5. The molecule has 0 radical (unpaired) electrons. The number of hydrogen-bond acceptors (Lipinski definition) is 7. The first-order valence-electron chi connectivity index (χ1n) is 9.86. The van der Waals surface area contributed by atoms with Crippen molar-refractivity contribution in [1.29, 1.82) is 0 Å². The van der Waals surface area contributed by atoms with Crippen LogP contribution < -0.4 is 14.2 Å². The predicted molar refractivity (Wildman–Crippen MR) is 119 cm³/mol. The highest BCUT2D eigenvalue weighted by Gasteiger charge is 2.46. The lowest BCUT2D eigenvalue weighted by molar-refractivity contribution is -0.139. The van der Waals surface area contributed by atoms with Gasteiger partial charge in [0.15, 0.2) is 11.5 Å². The van der Waals surface area contributed by atoms with Gasteiger partial charge in [0.2, 0.25) is 0 Å². The van der Waals surface area contributed by atoms with Crippen LogP contribution in [0.5, 0.6) is 23.0 Å². The minimum Gasteiger partial charge on any atom is -0.507 e. The van der Waals surface area contributed by atoms with E-state index in [1.54, 1.807) is 6.07 Å². The van der Waals surface area contributed by atoms with E-state index in [-0.39, 0.29) is 45.7 Å². The summed E-state index contributed by atoms with van der Waals surface area (Å²) in [4.78, 5) is 27.2. The Balaban J connectivity index is 2.28. The third-order valence-electron chi connectivity index (χ3n) is 5.25. The van der Waals surface area contributed by atoms with Crippen LogP contribution in [0.25, 0.3) is 5.76 Å². The van der Waals surface area contributed by atoms with E-state index in [1.807, 2.05) is 6.92 Å². The first kappa shape index (κ1) is 23.3. The van der Waals surface area contributed by atoms with Crippen molar-refractivity contribution < 1.29 is 34.0 Å². The van der Waals surface area contributed by atoms with Gasteiger partial charge in [0, 0.05) is 12.6 Å². The first-order chi connectivity index (χ1) is 15.3. The van der Waals surface area contributed by atoms with Gasteiger partial charge in [-0.3, -0.25) is 9.59 Å². The first-order valence-corrected chi connectivity index (χ1v) is 10.2. The van der Waals surface area contributed by atoms with E-state index in [1.165, 1.54) is 50.5 Å². The van der Waals surface area contributed by atoms with Crippen LogP contribution in [0, 0.1) is 0 Å². The highest BCUT2D eigenvalue weighted by Crippen LogP contribution is 2.44. The van der Waals surface area contributed by atoms with Gasteiger partial charge in [0.1, 0.15) is 17.3 Å². The van der Waals surface area contributed by atoms with Crippen molar-refractivity contribution in [3.63, 3.8) is 0 Å². The number of methoxy groups -OCH3 is 3. The van der Waals surface area contributed by atoms with Crippen LogP contribution in [0.15, 0.2) is 35.9 Å². The second kappa shape index (κ2) is 9.40. The SMILES string of the molecule is CCCN1C(=O)C(=O)/C(=C(/O)c2cc(OC)c(Cl)cc2OC)C1c1ccc(OC)c(O)c1. The fourth-order valence-electron chi connectivity index (χ4n) is 3.77. The third kappa shape index (κ3) is 3.93. The standard InChI is InChI=1S/C23H24ClNO7/c1-5-8-25-20(12-6-7-16(30-2)15(26)9-12)19(22(28)23(25)29)21(27)13-10-18(32-4)14(24)11-17(13)31-3/h6-7,9-11,20,26-27H,5,8H2,1-4H3/b21-19+. The predicted octanol–water partition coefficient (Wildman–Crippen LogP) is 3.90. The third-order valence-corrected chi connectivity index (χ3v) is 5.55. The molecule has 170 valence electrons. The van der Waals surface area contributed by atoms with Crippen LogP contribution in [-0.2, 0) is 9.59 Å². The van der Waals surface area contributed by atoms with Crippen molar-refractivity contribution in [1.82, 2.24) is 4.90 Å². The largest absolute Gasteiger partial charge is 0.507 e. The van der Waals surface area contributed by atoms with Crippen molar-refractivity contribution >= 4 is 29.1 Å². The smallest absolute Gasteiger partial charge is 0.295 e. The summed E-state index contributed by atoms with van der Waals surface area (Å²) in [5.74, 6) is -1.47. The molecule has 1 aliphatic rings. The van der Waals surface area contributed by atoms with E-state index < -0.39 is 23.5 Å². The second-order valence-electron chi connectivity index (χ2n) is 7.11. The van der Waals surface area contributed by atoms with Crippen LogP contribution in [0.3, 0.4) is 0 Å². The molecule has 9 heteroatoms. The van der Waals surface area contributed by atoms with Crippen LogP contribution in [0.2, 0.25) is 5.02 Å². The number of phenolic OH excluding ortho intramolecular Hbond substituents is 1. The van der Waals surface area contributed by atoms with Gasteiger partial charge >= 0.3 is 0 Å². The van der Waals surface area contributed by atoms with Crippen LogP contribution in [0.4, 0.5) is 0 Å². The summed E-state index contributed by atoms with van der Waals surface area (Å²) in [5.41, 5.74) is 0.457. The number of aliphatic hydroxyl groups is 1. The fourth-order valence-corrected chi connectivity index (χ4v) is 4.00. The molecule has 0 bridgehead atoms. The molecule has 1 unspecified atom stereocenters. The number of aliphatic hydroxyl groups excluding tert-OH is 1. The number of benzene rings is 2. The second-order valence-corrected chi connectivity index (χ2v) is 7.52. The zero-order valence-corrected chi connectivity index (χ0v) is 18.9. The number of phenols is 1. The van der Waals surface area contributed by atoms with Crippen molar-refractivity contribution in [2.24, 2.45) is 0 Å². The molecule has 2 N–H and O–H groups in total. The van der Waals surface area contributed by atoms with Crippen molar-refractivity contribution in [3.05, 3.63) is 52.1 Å². The van der Waals surface area contributed by atoms with E-state index in [2.05, 4.69) is 0 Å². The summed E-state index contributed by atoms with van der Waals surface area (Å²) in [6, 6.07) is 6.54. The van der Waals surface area contributed by atoms with Gasteiger partial charge in [0.05, 0.1) is 43.5 Å². The Hall–Kier alpha value is -3.39. The molecule has 1 fully saturated rings. The molecule has 0 aliphatic carbocycles. The molecule has 32 heavy (non-hydrogen) atoms. The maximum atomic E-state index is 13.0. The van der Waals surface area contributed by atoms with Crippen molar-refractivity contribution in [3.8, 4) is 23.0 Å². The molecule has 0 spiro atoms. The number of carbonyl (C=O) groups excluding carboxylic acids is 2. The van der Waals surface area contributed by atoms with Gasteiger partial charge in [-0.15, -0.1) is 0 Å². The summed E-state index contributed by atoms with van der Waals surface area (Å²) >= 11 is 6.16. The molecule has 1 atom stereocenters. The zero-order chi connectivity index (χ0) is 23.6. The number of amides is 1. The minimum absolute atomic E-state index is 0.129. The molecule has 0 aromatic heterocycles. The number of rotatable bonds is 7. The number of ether oxygens (including phenoxy) is 3. The number of hydrogen-bond donors (Lipinski definition) is 2. The van der Waals surface area contributed by atoms with Crippen LogP contribution in [0.1, 0.15) is 30.5 Å². The minimum atomic E-state index is -0.918. The Kier molecular flexibility index (Phi) is 6.84. The van der Waals surface area contributed by atoms with Gasteiger partial charge in [-0.2, -0.15) is 0 Å². The number of aromatic hydroxyl groups is 1. The number of halogens is 1.